The lowest BCUT2D eigenvalue weighted by Crippen LogP contribution is -2.34. The Balaban J connectivity index is 1.11. The number of fused-ring (bicyclic) bond motifs is 2. The number of benzene rings is 2. The molecular weight excluding hydrogens is 404 g/mol. The molecule has 158 valence electrons. The number of aromatic nitrogens is 2. The fourth-order valence-electron chi connectivity index (χ4n) is 4.61. The molecule has 0 amide bonds. The van der Waals surface area contributed by atoms with Crippen molar-refractivity contribution < 1.29 is 4.74 Å². The first-order chi connectivity index (χ1) is 15.2. The van der Waals surface area contributed by atoms with Crippen LogP contribution in [0.3, 0.4) is 0 Å². The van der Waals surface area contributed by atoms with E-state index < -0.39 is 0 Å². The highest BCUT2D eigenvalue weighted by Gasteiger charge is 2.22. The van der Waals surface area contributed by atoms with Crippen LogP contribution in [0.15, 0.2) is 42.6 Å². The standard InChI is InChI=1S/C25H26N4OS/c1-17-28-24-14-20(4-6-25(24)31-17)30-12-2-9-29-10-7-19(8-11-29)22-16-27-23-5-3-18(15-26)13-21(22)23/h3-6,13-14,16,19,27H,2,7-12H2,1H3. The Labute approximate surface area is 186 Å². The summed E-state index contributed by atoms with van der Waals surface area (Å²) in [6, 6.07) is 14.4. The summed E-state index contributed by atoms with van der Waals surface area (Å²) in [5.74, 6) is 1.47. The molecule has 5 nitrogen and oxygen atoms in total. The minimum Gasteiger partial charge on any atom is -0.493 e. The molecule has 31 heavy (non-hydrogen) atoms. The first-order valence-electron chi connectivity index (χ1n) is 10.9. The predicted molar refractivity (Wildman–Crippen MR) is 126 cm³/mol. The summed E-state index contributed by atoms with van der Waals surface area (Å²) in [6.45, 7) is 6.06. The number of hydrogen-bond acceptors (Lipinski definition) is 5. The molecule has 0 spiro atoms. The maximum atomic E-state index is 9.21. The molecule has 2 aromatic heterocycles. The number of rotatable bonds is 6. The van der Waals surface area contributed by atoms with Gasteiger partial charge in [0, 0.05) is 29.7 Å². The summed E-state index contributed by atoms with van der Waals surface area (Å²) in [4.78, 5) is 10.5. The molecule has 1 N–H and O–H groups in total. The van der Waals surface area contributed by atoms with E-state index >= 15 is 0 Å². The molecular formula is C25H26N4OS. The quantitative estimate of drug-likeness (QED) is 0.404. The number of nitrogens with zero attached hydrogens (tertiary/aromatic N) is 3. The summed E-state index contributed by atoms with van der Waals surface area (Å²) >= 11 is 1.72. The molecule has 6 heteroatoms. The van der Waals surface area contributed by atoms with Gasteiger partial charge in [0.15, 0.2) is 0 Å². The molecule has 0 saturated carbocycles. The van der Waals surface area contributed by atoms with E-state index in [0.717, 1.165) is 72.9 Å². The van der Waals surface area contributed by atoms with E-state index in [1.54, 1.807) is 11.3 Å². The van der Waals surface area contributed by atoms with Crippen molar-refractivity contribution in [3.05, 3.63) is 58.7 Å². The van der Waals surface area contributed by atoms with Crippen LogP contribution in [0.1, 0.15) is 41.3 Å². The number of nitriles is 1. The zero-order valence-corrected chi connectivity index (χ0v) is 18.5. The normalized spacial score (nSPS) is 15.5. The second-order valence-electron chi connectivity index (χ2n) is 8.30. The maximum Gasteiger partial charge on any atom is 0.121 e. The Morgan fingerprint density at radius 2 is 2.10 bits per heavy atom. The minimum atomic E-state index is 0.559. The SMILES string of the molecule is Cc1nc2cc(OCCCN3CCC(c4c[nH]c5ccc(C#N)cc45)CC3)ccc2s1. The Morgan fingerprint density at radius 1 is 1.23 bits per heavy atom. The largest absolute Gasteiger partial charge is 0.493 e. The topological polar surface area (TPSA) is 64.9 Å². The molecule has 1 aliphatic heterocycles. The van der Waals surface area contributed by atoms with E-state index in [2.05, 4.69) is 33.2 Å². The Hall–Kier alpha value is -2.88. The molecule has 2 aromatic carbocycles. The highest BCUT2D eigenvalue weighted by molar-refractivity contribution is 7.18. The number of likely N-dealkylation sites (tertiary alicyclic amines) is 1. The molecule has 3 heterocycles. The monoisotopic (exact) mass is 430 g/mol. The second kappa shape index (κ2) is 8.70. The van der Waals surface area contributed by atoms with Crippen molar-refractivity contribution in [3.8, 4) is 11.8 Å². The lowest BCUT2D eigenvalue weighted by atomic mass is 9.89. The van der Waals surface area contributed by atoms with Crippen LogP contribution in [0.4, 0.5) is 0 Å². The lowest BCUT2D eigenvalue weighted by Gasteiger charge is -2.31. The number of nitrogens with one attached hydrogen (secondary N) is 1. The smallest absolute Gasteiger partial charge is 0.121 e. The number of aryl methyl sites for hydroxylation is 1. The van der Waals surface area contributed by atoms with E-state index in [-0.39, 0.29) is 0 Å². The zero-order chi connectivity index (χ0) is 21.2. The predicted octanol–water partition coefficient (Wildman–Crippen LogP) is 5.61. The molecule has 0 bridgehead atoms. The van der Waals surface area contributed by atoms with Crippen LogP contribution in [0, 0.1) is 18.3 Å². The van der Waals surface area contributed by atoms with Gasteiger partial charge in [-0.15, -0.1) is 11.3 Å². The van der Waals surface area contributed by atoms with Gasteiger partial charge in [0.05, 0.1) is 33.5 Å². The van der Waals surface area contributed by atoms with E-state index in [1.807, 2.05) is 37.3 Å². The number of piperidine rings is 1. The summed E-state index contributed by atoms with van der Waals surface area (Å²) in [5.41, 5.74) is 4.25. The van der Waals surface area contributed by atoms with Crippen molar-refractivity contribution in [2.75, 3.05) is 26.2 Å². The Morgan fingerprint density at radius 3 is 2.94 bits per heavy atom. The van der Waals surface area contributed by atoms with Crippen LogP contribution >= 0.6 is 11.3 Å². The Kier molecular flexibility index (Phi) is 5.63. The van der Waals surface area contributed by atoms with Crippen molar-refractivity contribution in [2.45, 2.75) is 32.1 Å². The van der Waals surface area contributed by atoms with Crippen molar-refractivity contribution >= 4 is 32.5 Å². The van der Waals surface area contributed by atoms with Crippen molar-refractivity contribution in [1.29, 1.82) is 5.26 Å². The van der Waals surface area contributed by atoms with Crippen LogP contribution in [0.25, 0.3) is 21.1 Å². The van der Waals surface area contributed by atoms with Gasteiger partial charge in [-0.1, -0.05) is 0 Å². The van der Waals surface area contributed by atoms with Crippen LogP contribution in [-0.2, 0) is 0 Å². The molecule has 5 rings (SSSR count). The fourth-order valence-corrected chi connectivity index (χ4v) is 5.41. The third-order valence-corrected chi connectivity index (χ3v) is 7.18. The molecule has 1 fully saturated rings. The number of hydrogen-bond donors (Lipinski definition) is 1. The molecule has 0 unspecified atom stereocenters. The van der Waals surface area contributed by atoms with Crippen molar-refractivity contribution in [3.63, 3.8) is 0 Å². The van der Waals surface area contributed by atoms with Crippen LogP contribution < -0.4 is 4.74 Å². The number of aromatic amines is 1. The van der Waals surface area contributed by atoms with Gasteiger partial charge in [-0.2, -0.15) is 5.26 Å². The third kappa shape index (κ3) is 4.30. The van der Waals surface area contributed by atoms with E-state index in [0.29, 0.717) is 5.92 Å². The maximum absolute atomic E-state index is 9.21. The number of H-pyrrole nitrogens is 1. The van der Waals surface area contributed by atoms with Gasteiger partial charge in [-0.3, -0.25) is 0 Å². The summed E-state index contributed by atoms with van der Waals surface area (Å²) < 4.78 is 7.19. The zero-order valence-electron chi connectivity index (χ0n) is 17.7. The molecule has 1 saturated heterocycles. The van der Waals surface area contributed by atoms with Gasteiger partial charge < -0.3 is 14.6 Å². The van der Waals surface area contributed by atoms with Gasteiger partial charge in [0.1, 0.15) is 5.75 Å². The van der Waals surface area contributed by atoms with Gasteiger partial charge in [-0.05, 0) is 81.1 Å². The summed E-state index contributed by atoms with van der Waals surface area (Å²) in [6.07, 6.45) is 5.48. The molecule has 0 aliphatic carbocycles. The summed E-state index contributed by atoms with van der Waals surface area (Å²) in [5, 5.41) is 11.5. The molecule has 4 aromatic rings. The molecule has 0 atom stereocenters. The van der Waals surface area contributed by atoms with Crippen molar-refractivity contribution in [1.82, 2.24) is 14.9 Å². The average molecular weight is 431 g/mol. The van der Waals surface area contributed by atoms with Crippen LogP contribution in [0.5, 0.6) is 5.75 Å². The molecule has 1 aliphatic rings. The number of ether oxygens (including phenoxy) is 1. The minimum absolute atomic E-state index is 0.559. The third-order valence-electron chi connectivity index (χ3n) is 6.22. The highest BCUT2D eigenvalue weighted by atomic mass is 32.1. The first-order valence-corrected chi connectivity index (χ1v) is 11.7. The lowest BCUT2D eigenvalue weighted by molar-refractivity contribution is 0.193. The fraction of sp³-hybridized carbons (Fsp3) is 0.360. The van der Waals surface area contributed by atoms with E-state index in [1.165, 1.54) is 15.6 Å². The van der Waals surface area contributed by atoms with Crippen LogP contribution in [0.2, 0.25) is 0 Å². The average Bonchev–Trinajstić information content (AvgIpc) is 3.38. The first kappa shape index (κ1) is 20.0. The van der Waals surface area contributed by atoms with E-state index in [9.17, 15) is 5.26 Å². The van der Waals surface area contributed by atoms with Gasteiger partial charge in [0.25, 0.3) is 0 Å². The van der Waals surface area contributed by atoms with E-state index in [4.69, 9.17) is 4.74 Å². The van der Waals surface area contributed by atoms with Gasteiger partial charge >= 0.3 is 0 Å². The van der Waals surface area contributed by atoms with Gasteiger partial charge in [0.2, 0.25) is 0 Å². The van der Waals surface area contributed by atoms with Gasteiger partial charge in [-0.25, -0.2) is 4.98 Å². The summed E-state index contributed by atoms with van der Waals surface area (Å²) in [7, 11) is 0. The Bertz CT molecular complexity index is 1240. The van der Waals surface area contributed by atoms with Crippen LogP contribution in [-0.4, -0.2) is 41.1 Å². The van der Waals surface area contributed by atoms with Crippen molar-refractivity contribution in [2.24, 2.45) is 0 Å². The highest BCUT2D eigenvalue weighted by Crippen LogP contribution is 2.33. The second-order valence-corrected chi connectivity index (χ2v) is 9.53. The number of thiazole rings is 1. The molecule has 0 radical (unpaired) electrons.